The molecule has 0 atom stereocenters. The molecule has 2 aromatic rings. The van der Waals surface area contributed by atoms with Crippen molar-refractivity contribution in [3.63, 3.8) is 0 Å². The summed E-state index contributed by atoms with van der Waals surface area (Å²) in [5, 5.41) is 6.87. The minimum absolute atomic E-state index is 0.752. The Morgan fingerprint density at radius 2 is 1.26 bits per heavy atom. The number of anilines is 2. The van der Waals surface area contributed by atoms with Crippen molar-refractivity contribution >= 4 is 11.4 Å². The maximum atomic E-state index is 5.84. The van der Waals surface area contributed by atoms with E-state index in [0.29, 0.717) is 0 Å². The quantitative estimate of drug-likeness (QED) is 0.403. The fourth-order valence-corrected chi connectivity index (χ4v) is 2.74. The molecule has 0 spiro atoms. The van der Waals surface area contributed by atoms with Gasteiger partial charge in [0.05, 0.1) is 13.2 Å². The maximum absolute atomic E-state index is 5.84. The van der Waals surface area contributed by atoms with E-state index in [0.717, 1.165) is 62.0 Å². The van der Waals surface area contributed by atoms with Gasteiger partial charge in [-0.15, -0.1) is 0 Å². The van der Waals surface area contributed by atoms with Crippen molar-refractivity contribution in [3.05, 3.63) is 48.5 Å². The Labute approximate surface area is 164 Å². The highest BCUT2D eigenvalue weighted by molar-refractivity contribution is 5.50. The van der Waals surface area contributed by atoms with E-state index in [2.05, 4.69) is 42.7 Å². The molecule has 0 bridgehead atoms. The van der Waals surface area contributed by atoms with E-state index in [1.807, 2.05) is 30.3 Å². The van der Waals surface area contributed by atoms with Gasteiger partial charge in [0.2, 0.25) is 0 Å². The summed E-state index contributed by atoms with van der Waals surface area (Å²) in [6.07, 6.45) is 5.92. The van der Waals surface area contributed by atoms with Gasteiger partial charge in [-0.2, -0.15) is 0 Å². The fourth-order valence-electron chi connectivity index (χ4n) is 2.74. The van der Waals surface area contributed by atoms with Crippen molar-refractivity contribution in [1.82, 2.24) is 0 Å². The lowest BCUT2D eigenvalue weighted by molar-refractivity contribution is 0.305. The van der Waals surface area contributed by atoms with Crippen LogP contribution < -0.4 is 20.1 Å². The maximum Gasteiger partial charge on any atom is 0.121 e. The third-order valence-corrected chi connectivity index (χ3v) is 4.19. The van der Waals surface area contributed by atoms with Crippen LogP contribution in [0.5, 0.6) is 11.5 Å². The summed E-state index contributed by atoms with van der Waals surface area (Å²) in [5.41, 5.74) is 2.16. The Morgan fingerprint density at radius 3 is 1.81 bits per heavy atom. The smallest absolute Gasteiger partial charge is 0.121 e. The Kier molecular flexibility index (Phi) is 10.0. The average Bonchev–Trinajstić information content (AvgIpc) is 2.70. The molecule has 0 fully saturated rings. The van der Waals surface area contributed by atoms with E-state index >= 15 is 0 Å². The van der Waals surface area contributed by atoms with Crippen LogP contribution in [-0.4, -0.2) is 26.3 Å². The van der Waals surface area contributed by atoms with Crippen LogP contribution in [0.2, 0.25) is 0 Å². The van der Waals surface area contributed by atoms with Gasteiger partial charge in [0.15, 0.2) is 0 Å². The molecule has 0 saturated carbocycles. The van der Waals surface area contributed by atoms with Crippen LogP contribution >= 0.6 is 0 Å². The largest absolute Gasteiger partial charge is 0.494 e. The molecular formula is C23H34N2O2. The number of ether oxygens (including phenoxy) is 2. The van der Waals surface area contributed by atoms with E-state index in [1.54, 1.807) is 0 Å². The number of hydrogen-bond donors (Lipinski definition) is 2. The lowest BCUT2D eigenvalue weighted by Gasteiger charge is -2.12. The van der Waals surface area contributed by atoms with Gasteiger partial charge in [0, 0.05) is 36.6 Å². The third kappa shape index (κ3) is 8.72. The van der Waals surface area contributed by atoms with Crippen LogP contribution in [0.25, 0.3) is 0 Å². The number of nitrogens with one attached hydrogen (secondary N) is 2. The zero-order valence-electron chi connectivity index (χ0n) is 16.8. The van der Waals surface area contributed by atoms with Gasteiger partial charge in [-0.1, -0.05) is 45.2 Å². The van der Waals surface area contributed by atoms with Gasteiger partial charge in [0.25, 0.3) is 0 Å². The molecule has 27 heavy (non-hydrogen) atoms. The summed E-state index contributed by atoms with van der Waals surface area (Å²) >= 11 is 0. The first-order valence-corrected chi connectivity index (χ1v) is 10.2. The summed E-state index contributed by atoms with van der Waals surface area (Å²) in [6, 6.07) is 16.3. The molecule has 2 rings (SSSR count). The summed E-state index contributed by atoms with van der Waals surface area (Å²) < 4.78 is 11.5. The number of unbranched alkanes of at least 4 members (excludes halogenated alkanes) is 3. The molecule has 4 heteroatoms. The van der Waals surface area contributed by atoms with Crippen LogP contribution in [0.15, 0.2) is 48.5 Å². The van der Waals surface area contributed by atoms with Gasteiger partial charge in [-0.05, 0) is 37.1 Å². The van der Waals surface area contributed by atoms with Crippen LogP contribution in [-0.2, 0) is 0 Å². The van der Waals surface area contributed by atoms with Gasteiger partial charge in [-0.25, -0.2) is 0 Å². The predicted molar refractivity (Wildman–Crippen MR) is 115 cm³/mol. The van der Waals surface area contributed by atoms with Crippen LogP contribution in [0, 0.1) is 0 Å². The molecule has 0 amide bonds. The van der Waals surface area contributed by atoms with Crippen LogP contribution in [0.4, 0.5) is 11.4 Å². The van der Waals surface area contributed by atoms with E-state index in [-0.39, 0.29) is 0 Å². The summed E-state index contributed by atoms with van der Waals surface area (Å²) in [5.74, 6) is 1.85. The van der Waals surface area contributed by atoms with E-state index in [4.69, 9.17) is 9.47 Å². The summed E-state index contributed by atoms with van der Waals surface area (Å²) in [7, 11) is 0. The summed E-state index contributed by atoms with van der Waals surface area (Å²) in [6.45, 7) is 7.55. The lowest BCUT2D eigenvalue weighted by atomic mass is 10.2. The first-order valence-electron chi connectivity index (χ1n) is 10.2. The number of benzene rings is 2. The van der Waals surface area contributed by atoms with Crippen LogP contribution in [0.3, 0.4) is 0 Å². The molecule has 0 aliphatic carbocycles. The normalized spacial score (nSPS) is 10.4. The second kappa shape index (κ2) is 12.9. The molecule has 2 N–H and O–H groups in total. The standard InChI is InChI=1S/C23H34N2O2/c1-3-5-6-7-17-27-23-13-9-11-21(19-23)25-15-14-24-20-10-8-12-22(18-20)26-16-4-2/h8-13,18-19,24-25H,3-7,14-17H2,1-2H3. The SMILES string of the molecule is CCCCCCOc1cccc(NCCNc2cccc(OCCC)c2)c1. The van der Waals surface area contributed by atoms with Crippen LogP contribution in [0.1, 0.15) is 46.0 Å². The summed E-state index contributed by atoms with van der Waals surface area (Å²) in [4.78, 5) is 0. The van der Waals surface area contributed by atoms with Crippen molar-refractivity contribution in [3.8, 4) is 11.5 Å². The molecule has 2 aromatic carbocycles. The van der Waals surface area contributed by atoms with Gasteiger partial charge in [-0.3, -0.25) is 0 Å². The lowest BCUT2D eigenvalue weighted by Crippen LogP contribution is -2.13. The molecule has 0 aliphatic rings. The van der Waals surface area contributed by atoms with E-state index in [1.165, 1.54) is 19.3 Å². The number of hydrogen-bond acceptors (Lipinski definition) is 4. The monoisotopic (exact) mass is 370 g/mol. The van der Waals surface area contributed by atoms with Crippen molar-refractivity contribution < 1.29 is 9.47 Å². The molecule has 0 heterocycles. The minimum Gasteiger partial charge on any atom is -0.494 e. The Morgan fingerprint density at radius 1 is 0.667 bits per heavy atom. The molecular weight excluding hydrogens is 336 g/mol. The number of rotatable bonds is 14. The fraction of sp³-hybridized carbons (Fsp3) is 0.478. The van der Waals surface area contributed by atoms with Gasteiger partial charge >= 0.3 is 0 Å². The topological polar surface area (TPSA) is 42.5 Å². The molecule has 148 valence electrons. The molecule has 0 saturated heterocycles. The van der Waals surface area contributed by atoms with Crippen molar-refractivity contribution in [2.45, 2.75) is 46.0 Å². The Hall–Kier alpha value is -2.36. The second-order valence-corrected chi connectivity index (χ2v) is 6.67. The zero-order chi connectivity index (χ0) is 19.2. The first kappa shape index (κ1) is 20.9. The Bertz CT molecular complexity index is 646. The highest BCUT2D eigenvalue weighted by Gasteiger charge is 1.99. The molecule has 4 nitrogen and oxygen atoms in total. The molecule has 0 unspecified atom stereocenters. The molecule has 0 aliphatic heterocycles. The second-order valence-electron chi connectivity index (χ2n) is 6.67. The highest BCUT2D eigenvalue weighted by atomic mass is 16.5. The minimum atomic E-state index is 0.752. The predicted octanol–water partition coefficient (Wildman–Crippen LogP) is 5.96. The van der Waals surface area contributed by atoms with Gasteiger partial charge < -0.3 is 20.1 Å². The average molecular weight is 371 g/mol. The molecule has 0 radical (unpaired) electrons. The Balaban J connectivity index is 1.68. The first-order chi connectivity index (χ1) is 13.3. The molecule has 0 aromatic heterocycles. The van der Waals surface area contributed by atoms with Crippen molar-refractivity contribution in [1.29, 1.82) is 0 Å². The third-order valence-electron chi connectivity index (χ3n) is 4.19. The van der Waals surface area contributed by atoms with E-state index < -0.39 is 0 Å². The van der Waals surface area contributed by atoms with Crippen molar-refractivity contribution in [2.24, 2.45) is 0 Å². The van der Waals surface area contributed by atoms with E-state index in [9.17, 15) is 0 Å². The van der Waals surface area contributed by atoms with Gasteiger partial charge in [0.1, 0.15) is 11.5 Å². The highest BCUT2D eigenvalue weighted by Crippen LogP contribution is 2.19. The zero-order valence-corrected chi connectivity index (χ0v) is 16.8. The van der Waals surface area contributed by atoms with Crippen molar-refractivity contribution in [2.75, 3.05) is 36.9 Å².